The number of nitrogens with zero attached hydrogens (tertiary/aromatic N) is 3. The molecule has 2 aliphatic rings. The van der Waals surface area contributed by atoms with Gasteiger partial charge in [0.15, 0.2) is 0 Å². The van der Waals surface area contributed by atoms with Gasteiger partial charge in [0.2, 0.25) is 0 Å². The van der Waals surface area contributed by atoms with E-state index in [-0.39, 0.29) is 0 Å². The van der Waals surface area contributed by atoms with Crippen LogP contribution in [0.3, 0.4) is 0 Å². The Labute approximate surface area is 122 Å². The molecule has 108 valence electrons. The Hall–Kier alpha value is -2.17. The van der Waals surface area contributed by atoms with Gasteiger partial charge in [-0.3, -0.25) is 14.5 Å². The van der Waals surface area contributed by atoms with E-state index in [9.17, 15) is 9.90 Å². The van der Waals surface area contributed by atoms with Gasteiger partial charge in [0.1, 0.15) is 0 Å². The van der Waals surface area contributed by atoms with Crippen LogP contribution in [0.4, 0.5) is 0 Å². The highest BCUT2D eigenvalue weighted by molar-refractivity contribution is 5.85. The van der Waals surface area contributed by atoms with Crippen LogP contribution >= 0.6 is 0 Å². The summed E-state index contributed by atoms with van der Waals surface area (Å²) in [4.78, 5) is 15.7. The highest BCUT2D eigenvalue weighted by Crippen LogP contribution is 2.49. The smallest absolute Gasteiger partial charge is 0.314 e. The zero-order chi connectivity index (χ0) is 14.6. The second-order valence-corrected chi connectivity index (χ2v) is 6.20. The van der Waals surface area contributed by atoms with E-state index in [4.69, 9.17) is 0 Å². The molecule has 0 radical (unpaired) electrons. The van der Waals surface area contributed by atoms with Crippen molar-refractivity contribution < 1.29 is 9.90 Å². The summed E-state index contributed by atoms with van der Waals surface area (Å²) in [5.41, 5.74) is 3.19. The number of carboxylic acids is 1. The minimum atomic E-state index is -0.745. The zero-order valence-corrected chi connectivity index (χ0v) is 11.9. The molecular weight excluding hydrogens is 266 g/mol. The van der Waals surface area contributed by atoms with Gasteiger partial charge in [-0.05, 0) is 43.4 Å². The molecule has 0 amide bonds. The van der Waals surface area contributed by atoms with Gasteiger partial charge in [0.25, 0.3) is 0 Å². The molecule has 2 fully saturated rings. The highest BCUT2D eigenvalue weighted by atomic mass is 16.4. The lowest BCUT2D eigenvalue weighted by Gasteiger charge is -2.11. The standard InChI is InChI=1S/C16H17N3O2/c1-19-14(7-13(18-19)10-2-3-10)11-6-12(9-17-8-11)16(4-5-16)15(20)21/h6-10H,2-5H2,1H3,(H,20,21). The van der Waals surface area contributed by atoms with Gasteiger partial charge in [0, 0.05) is 30.9 Å². The van der Waals surface area contributed by atoms with Gasteiger partial charge in [-0.2, -0.15) is 5.10 Å². The lowest BCUT2D eigenvalue weighted by Crippen LogP contribution is -2.19. The van der Waals surface area contributed by atoms with Crippen molar-refractivity contribution in [1.29, 1.82) is 0 Å². The van der Waals surface area contributed by atoms with Gasteiger partial charge >= 0.3 is 5.97 Å². The van der Waals surface area contributed by atoms with Crippen LogP contribution in [-0.2, 0) is 17.3 Å². The third-order valence-corrected chi connectivity index (χ3v) is 4.64. The molecule has 2 heterocycles. The second kappa shape index (κ2) is 4.16. The molecule has 5 nitrogen and oxygen atoms in total. The Kier molecular flexibility index (Phi) is 2.49. The predicted molar refractivity (Wildman–Crippen MR) is 77.0 cm³/mol. The van der Waals surface area contributed by atoms with Crippen LogP contribution in [0, 0.1) is 0 Å². The largest absolute Gasteiger partial charge is 0.481 e. The van der Waals surface area contributed by atoms with Crippen molar-refractivity contribution in [2.75, 3.05) is 0 Å². The van der Waals surface area contributed by atoms with Gasteiger partial charge in [0.05, 0.1) is 16.8 Å². The van der Waals surface area contributed by atoms with Crippen LogP contribution in [0.5, 0.6) is 0 Å². The maximum absolute atomic E-state index is 11.5. The maximum atomic E-state index is 11.5. The van der Waals surface area contributed by atoms with Crippen molar-refractivity contribution in [3.05, 3.63) is 35.8 Å². The van der Waals surface area contributed by atoms with Crippen molar-refractivity contribution >= 4 is 5.97 Å². The Bertz CT molecular complexity index is 727. The van der Waals surface area contributed by atoms with E-state index in [2.05, 4.69) is 16.1 Å². The average Bonchev–Trinajstić information content (AvgIpc) is 3.36. The van der Waals surface area contributed by atoms with Crippen LogP contribution in [0.15, 0.2) is 24.5 Å². The van der Waals surface area contributed by atoms with E-state index in [1.807, 2.05) is 17.8 Å². The summed E-state index contributed by atoms with van der Waals surface area (Å²) in [6, 6.07) is 4.07. The first-order valence-corrected chi connectivity index (χ1v) is 7.33. The first-order chi connectivity index (χ1) is 10.1. The monoisotopic (exact) mass is 283 g/mol. The van der Waals surface area contributed by atoms with Gasteiger partial charge < -0.3 is 5.11 Å². The molecule has 0 bridgehead atoms. The Morgan fingerprint density at radius 2 is 2.10 bits per heavy atom. The van der Waals surface area contributed by atoms with Crippen molar-refractivity contribution in [3.8, 4) is 11.3 Å². The molecule has 21 heavy (non-hydrogen) atoms. The number of carboxylic acid groups (broad SMARTS) is 1. The first-order valence-electron chi connectivity index (χ1n) is 7.33. The van der Waals surface area contributed by atoms with Crippen LogP contribution in [-0.4, -0.2) is 25.8 Å². The van der Waals surface area contributed by atoms with E-state index in [0.717, 1.165) is 22.5 Å². The summed E-state index contributed by atoms with van der Waals surface area (Å²) < 4.78 is 1.87. The molecule has 0 atom stereocenters. The summed E-state index contributed by atoms with van der Waals surface area (Å²) in [5, 5.41) is 14.0. The minimum absolute atomic E-state index is 0.606. The quantitative estimate of drug-likeness (QED) is 0.936. The summed E-state index contributed by atoms with van der Waals surface area (Å²) in [6.07, 6.45) is 7.31. The first kappa shape index (κ1) is 12.6. The lowest BCUT2D eigenvalue weighted by molar-refractivity contribution is -0.140. The summed E-state index contributed by atoms with van der Waals surface area (Å²) in [7, 11) is 1.93. The molecule has 4 rings (SSSR count). The van der Waals surface area contributed by atoms with Crippen LogP contribution in [0.2, 0.25) is 0 Å². The molecule has 5 heteroatoms. The number of carbonyl (C=O) groups is 1. The lowest BCUT2D eigenvalue weighted by atomic mass is 9.96. The van der Waals surface area contributed by atoms with Gasteiger partial charge in [-0.25, -0.2) is 0 Å². The van der Waals surface area contributed by atoms with Crippen molar-refractivity contribution in [2.45, 2.75) is 37.0 Å². The molecule has 0 spiro atoms. The third-order valence-electron chi connectivity index (χ3n) is 4.64. The second-order valence-electron chi connectivity index (χ2n) is 6.20. The topological polar surface area (TPSA) is 68.0 Å². The van der Waals surface area contributed by atoms with Crippen molar-refractivity contribution in [1.82, 2.24) is 14.8 Å². The number of aromatic nitrogens is 3. The van der Waals surface area contributed by atoms with Gasteiger partial charge in [-0.15, -0.1) is 0 Å². The molecule has 0 aliphatic heterocycles. The van der Waals surface area contributed by atoms with E-state index < -0.39 is 11.4 Å². The average molecular weight is 283 g/mol. The van der Waals surface area contributed by atoms with E-state index in [1.54, 1.807) is 12.4 Å². The number of aliphatic carboxylic acids is 1. The number of hydrogen-bond donors (Lipinski definition) is 1. The Balaban J connectivity index is 1.74. The number of aryl methyl sites for hydroxylation is 1. The Morgan fingerprint density at radius 3 is 2.71 bits per heavy atom. The van der Waals surface area contributed by atoms with E-state index in [0.29, 0.717) is 18.8 Å². The molecular formula is C16H17N3O2. The predicted octanol–water partition coefficient (Wildman–Crippen LogP) is 2.48. The third kappa shape index (κ3) is 1.95. The molecule has 2 aromatic rings. The molecule has 2 aromatic heterocycles. The maximum Gasteiger partial charge on any atom is 0.314 e. The molecule has 2 saturated carbocycles. The van der Waals surface area contributed by atoms with Crippen LogP contribution < -0.4 is 0 Å². The minimum Gasteiger partial charge on any atom is -0.481 e. The fraction of sp³-hybridized carbons (Fsp3) is 0.438. The summed E-state index contributed by atoms with van der Waals surface area (Å²) in [6.45, 7) is 0. The normalized spacial score (nSPS) is 19.5. The zero-order valence-electron chi connectivity index (χ0n) is 11.9. The number of pyridine rings is 1. The SMILES string of the molecule is Cn1nc(C2CC2)cc1-c1cncc(C2(C(=O)O)CC2)c1. The molecule has 0 saturated heterocycles. The number of rotatable bonds is 4. The van der Waals surface area contributed by atoms with E-state index >= 15 is 0 Å². The summed E-state index contributed by atoms with van der Waals surface area (Å²) >= 11 is 0. The molecule has 2 aliphatic carbocycles. The van der Waals surface area contributed by atoms with Gasteiger partial charge in [-0.1, -0.05) is 0 Å². The highest BCUT2D eigenvalue weighted by Gasteiger charge is 2.52. The van der Waals surface area contributed by atoms with Crippen LogP contribution in [0.1, 0.15) is 42.9 Å². The van der Waals surface area contributed by atoms with Crippen LogP contribution in [0.25, 0.3) is 11.3 Å². The van der Waals surface area contributed by atoms with Crippen molar-refractivity contribution in [2.24, 2.45) is 7.05 Å². The molecule has 1 N–H and O–H groups in total. The van der Waals surface area contributed by atoms with Crippen molar-refractivity contribution in [3.63, 3.8) is 0 Å². The molecule has 0 aromatic carbocycles. The Morgan fingerprint density at radius 1 is 1.33 bits per heavy atom. The fourth-order valence-electron chi connectivity index (χ4n) is 2.93. The van der Waals surface area contributed by atoms with E-state index in [1.165, 1.54) is 12.8 Å². The fourth-order valence-corrected chi connectivity index (χ4v) is 2.93. The molecule has 0 unspecified atom stereocenters. The summed E-state index contributed by atoms with van der Waals surface area (Å²) in [5.74, 6) is -0.139. The number of hydrogen-bond acceptors (Lipinski definition) is 3.